The standard InChI is InChI=1S/C14H16O4/c1-9-12(14(17-3,18-4)13(9)15)10-5-7-11(16-2)8-6-10/h5-8H,1-4H3. The van der Waals surface area contributed by atoms with Crippen molar-refractivity contribution >= 4 is 11.4 Å². The Balaban J connectivity index is 2.45. The van der Waals surface area contributed by atoms with E-state index in [-0.39, 0.29) is 5.78 Å². The molecular formula is C14H16O4. The van der Waals surface area contributed by atoms with Gasteiger partial charge in [0.05, 0.1) is 7.11 Å². The maximum Gasteiger partial charge on any atom is 0.261 e. The van der Waals surface area contributed by atoms with Crippen molar-refractivity contribution in [2.24, 2.45) is 0 Å². The van der Waals surface area contributed by atoms with Crippen LogP contribution in [-0.2, 0) is 14.3 Å². The first-order valence-electron chi connectivity index (χ1n) is 5.61. The highest BCUT2D eigenvalue weighted by molar-refractivity contribution is 6.23. The fourth-order valence-corrected chi connectivity index (χ4v) is 2.30. The van der Waals surface area contributed by atoms with E-state index in [4.69, 9.17) is 14.2 Å². The maximum atomic E-state index is 11.9. The highest BCUT2D eigenvalue weighted by Gasteiger charge is 2.54. The van der Waals surface area contributed by atoms with E-state index in [2.05, 4.69) is 0 Å². The molecule has 4 heteroatoms. The molecule has 0 amide bonds. The van der Waals surface area contributed by atoms with Crippen molar-refractivity contribution in [2.45, 2.75) is 12.7 Å². The van der Waals surface area contributed by atoms with Crippen LogP contribution in [0.25, 0.3) is 5.57 Å². The summed E-state index contributed by atoms with van der Waals surface area (Å²) in [5.41, 5.74) is 2.35. The number of rotatable bonds is 4. The van der Waals surface area contributed by atoms with E-state index in [0.29, 0.717) is 5.57 Å². The first kappa shape index (κ1) is 12.8. The summed E-state index contributed by atoms with van der Waals surface area (Å²) >= 11 is 0. The third kappa shape index (κ3) is 1.57. The van der Waals surface area contributed by atoms with Crippen molar-refractivity contribution < 1.29 is 19.0 Å². The Morgan fingerprint density at radius 1 is 1.00 bits per heavy atom. The number of hydrogen-bond acceptors (Lipinski definition) is 4. The van der Waals surface area contributed by atoms with E-state index in [9.17, 15) is 4.79 Å². The fourth-order valence-electron chi connectivity index (χ4n) is 2.30. The molecule has 1 aliphatic rings. The van der Waals surface area contributed by atoms with Crippen LogP contribution in [0.4, 0.5) is 0 Å². The lowest BCUT2D eigenvalue weighted by Crippen LogP contribution is -2.52. The van der Waals surface area contributed by atoms with Crippen LogP contribution in [0, 0.1) is 0 Å². The van der Waals surface area contributed by atoms with Gasteiger partial charge in [0.15, 0.2) is 0 Å². The van der Waals surface area contributed by atoms with Crippen LogP contribution in [-0.4, -0.2) is 32.9 Å². The summed E-state index contributed by atoms with van der Waals surface area (Å²) in [7, 11) is 4.55. The molecule has 0 atom stereocenters. The van der Waals surface area contributed by atoms with Gasteiger partial charge in [0.25, 0.3) is 5.79 Å². The summed E-state index contributed by atoms with van der Waals surface area (Å²) < 4.78 is 15.6. The Labute approximate surface area is 106 Å². The minimum Gasteiger partial charge on any atom is -0.497 e. The number of ketones is 1. The van der Waals surface area contributed by atoms with Gasteiger partial charge in [-0.25, -0.2) is 0 Å². The summed E-state index contributed by atoms with van der Waals surface area (Å²) in [6.45, 7) is 1.78. The molecule has 0 spiro atoms. The fraction of sp³-hybridized carbons (Fsp3) is 0.357. The van der Waals surface area contributed by atoms with Gasteiger partial charge in [0.1, 0.15) is 5.75 Å². The summed E-state index contributed by atoms with van der Waals surface area (Å²) in [5, 5.41) is 0. The van der Waals surface area contributed by atoms with Crippen LogP contribution >= 0.6 is 0 Å². The van der Waals surface area contributed by atoms with Gasteiger partial charge in [-0.3, -0.25) is 4.79 Å². The Bertz CT molecular complexity index is 495. The van der Waals surface area contributed by atoms with Crippen molar-refractivity contribution in [3.05, 3.63) is 35.4 Å². The normalized spacial score (nSPS) is 17.7. The number of methoxy groups -OCH3 is 3. The van der Waals surface area contributed by atoms with Gasteiger partial charge in [-0.05, 0) is 24.6 Å². The zero-order valence-corrected chi connectivity index (χ0v) is 10.9. The quantitative estimate of drug-likeness (QED) is 0.765. The lowest BCUT2D eigenvalue weighted by Gasteiger charge is -2.40. The van der Waals surface area contributed by atoms with Crippen molar-refractivity contribution in [2.75, 3.05) is 21.3 Å². The summed E-state index contributed by atoms with van der Waals surface area (Å²) in [6.07, 6.45) is 0. The first-order valence-corrected chi connectivity index (χ1v) is 5.61. The first-order chi connectivity index (χ1) is 8.60. The molecule has 1 aromatic carbocycles. The van der Waals surface area contributed by atoms with Crippen molar-refractivity contribution in [3.8, 4) is 5.75 Å². The van der Waals surface area contributed by atoms with Crippen LogP contribution in [0.1, 0.15) is 12.5 Å². The average molecular weight is 248 g/mol. The van der Waals surface area contributed by atoms with Crippen LogP contribution in [0.3, 0.4) is 0 Å². The molecule has 96 valence electrons. The Morgan fingerprint density at radius 3 is 2.00 bits per heavy atom. The second-order valence-corrected chi connectivity index (χ2v) is 4.08. The molecule has 0 N–H and O–H groups in total. The second-order valence-electron chi connectivity index (χ2n) is 4.08. The van der Waals surface area contributed by atoms with Gasteiger partial charge in [-0.15, -0.1) is 0 Å². The number of Topliss-reactive ketones (excluding diaryl/α,β-unsaturated/α-hetero) is 1. The molecule has 2 rings (SSSR count). The van der Waals surface area contributed by atoms with Gasteiger partial charge >= 0.3 is 0 Å². The van der Waals surface area contributed by atoms with E-state index >= 15 is 0 Å². The Hall–Kier alpha value is -1.65. The van der Waals surface area contributed by atoms with Crippen LogP contribution in [0.15, 0.2) is 29.8 Å². The lowest BCUT2D eigenvalue weighted by molar-refractivity contribution is -0.184. The minimum atomic E-state index is -1.25. The molecule has 1 aromatic rings. The van der Waals surface area contributed by atoms with Gasteiger partial charge in [-0.1, -0.05) is 12.1 Å². The molecule has 0 saturated heterocycles. The number of carbonyl (C=O) groups is 1. The molecule has 1 aliphatic carbocycles. The maximum absolute atomic E-state index is 11.9. The predicted molar refractivity (Wildman–Crippen MR) is 67.3 cm³/mol. The van der Waals surface area contributed by atoms with E-state index in [0.717, 1.165) is 16.9 Å². The molecule has 0 bridgehead atoms. The van der Waals surface area contributed by atoms with E-state index in [1.807, 2.05) is 24.3 Å². The molecule has 0 fully saturated rings. The Kier molecular flexibility index (Phi) is 3.24. The molecule has 0 aromatic heterocycles. The van der Waals surface area contributed by atoms with Gasteiger partial charge in [-0.2, -0.15) is 0 Å². The van der Waals surface area contributed by atoms with E-state index in [1.54, 1.807) is 14.0 Å². The van der Waals surface area contributed by atoms with Crippen LogP contribution in [0.5, 0.6) is 5.75 Å². The molecule has 4 nitrogen and oxygen atoms in total. The third-order valence-corrected chi connectivity index (χ3v) is 3.30. The second kappa shape index (κ2) is 4.55. The highest BCUT2D eigenvalue weighted by Crippen LogP contribution is 2.45. The third-order valence-electron chi connectivity index (χ3n) is 3.30. The largest absolute Gasteiger partial charge is 0.497 e. The van der Waals surface area contributed by atoms with Gasteiger partial charge in [0.2, 0.25) is 5.78 Å². The smallest absolute Gasteiger partial charge is 0.261 e. The molecule has 0 unspecified atom stereocenters. The lowest BCUT2D eigenvalue weighted by atomic mass is 9.77. The molecule has 0 heterocycles. The minimum absolute atomic E-state index is 0.127. The van der Waals surface area contributed by atoms with E-state index < -0.39 is 5.79 Å². The molecule has 0 saturated carbocycles. The monoisotopic (exact) mass is 248 g/mol. The van der Waals surface area contributed by atoms with Gasteiger partial charge < -0.3 is 14.2 Å². The molecule has 18 heavy (non-hydrogen) atoms. The average Bonchev–Trinajstić information content (AvgIpc) is 2.43. The highest BCUT2D eigenvalue weighted by atomic mass is 16.7. The SMILES string of the molecule is COc1ccc(C2=C(C)C(=O)C2(OC)OC)cc1. The van der Waals surface area contributed by atoms with Gasteiger partial charge in [0, 0.05) is 25.4 Å². The summed E-state index contributed by atoms with van der Waals surface area (Å²) in [5.74, 6) is -0.611. The van der Waals surface area contributed by atoms with Crippen molar-refractivity contribution in [3.63, 3.8) is 0 Å². The number of carbonyl (C=O) groups excluding carboxylic acids is 1. The number of hydrogen-bond donors (Lipinski definition) is 0. The summed E-state index contributed by atoms with van der Waals surface area (Å²) in [6, 6.07) is 7.46. The van der Waals surface area contributed by atoms with E-state index in [1.165, 1.54) is 14.2 Å². The number of benzene rings is 1. The summed E-state index contributed by atoms with van der Waals surface area (Å²) in [4.78, 5) is 11.9. The predicted octanol–water partition coefficient (Wildman–Crippen LogP) is 2.04. The number of ether oxygens (including phenoxy) is 3. The topological polar surface area (TPSA) is 44.8 Å². The van der Waals surface area contributed by atoms with Crippen LogP contribution in [0.2, 0.25) is 0 Å². The van der Waals surface area contributed by atoms with Crippen LogP contribution < -0.4 is 4.74 Å². The zero-order valence-electron chi connectivity index (χ0n) is 10.9. The van der Waals surface area contributed by atoms with Crippen molar-refractivity contribution in [1.82, 2.24) is 0 Å². The Morgan fingerprint density at radius 2 is 1.56 bits per heavy atom. The molecular weight excluding hydrogens is 232 g/mol. The molecule has 0 radical (unpaired) electrons. The van der Waals surface area contributed by atoms with Crippen molar-refractivity contribution in [1.29, 1.82) is 0 Å². The zero-order chi connectivity index (χ0) is 13.3. The molecule has 0 aliphatic heterocycles.